The van der Waals surface area contributed by atoms with Gasteiger partial charge in [-0.3, -0.25) is 9.59 Å². The van der Waals surface area contributed by atoms with Crippen LogP contribution in [-0.4, -0.2) is 35.8 Å². The summed E-state index contributed by atoms with van der Waals surface area (Å²) in [5, 5.41) is 0. The maximum absolute atomic E-state index is 11.9. The van der Waals surface area contributed by atoms with Crippen LogP contribution in [0.25, 0.3) is 0 Å². The first-order chi connectivity index (χ1) is 9.52. The van der Waals surface area contributed by atoms with E-state index < -0.39 is 17.9 Å². The topological polar surface area (TPSA) is 89.7 Å². The van der Waals surface area contributed by atoms with Crippen LogP contribution in [0.15, 0.2) is 24.3 Å². The van der Waals surface area contributed by atoms with Crippen molar-refractivity contribution in [2.24, 2.45) is 5.73 Å². The summed E-state index contributed by atoms with van der Waals surface area (Å²) < 4.78 is 4.71. The molecule has 6 nitrogen and oxygen atoms in total. The molecule has 6 heteroatoms. The van der Waals surface area contributed by atoms with Crippen molar-refractivity contribution in [1.29, 1.82) is 0 Å². The maximum atomic E-state index is 11.9. The smallest absolute Gasteiger partial charge is 0.328 e. The number of primary amides is 1. The van der Waals surface area contributed by atoms with Gasteiger partial charge in [0.25, 0.3) is 0 Å². The molecule has 2 N–H and O–H groups in total. The Balaban J connectivity index is 2.19. The van der Waals surface area contributed by atoms with Gasteiger partial charge in [-0.2, -0.15) is 0 Å². The van der Waals surface area contributed by atoms with E-state index in [1.165, 1.54) is 12.0 Å². The summed E-state index contributed by atoms with van der Waals surface area (Å²) in [7, 11) is 1.30. The summed E-state index contributed by atoms with van der Waals surface area (Å²) in [6, 6.07) is 6.16. The van der Waals surface area contributed by atoms with Gasteiger partial charge in [-0.15, -0.1) is 0 Å². The van der Waals surface area contributed by atoms with Crippen molar-refractivity contribution >= 4 is 17.8 Å². The van der Waals surface area contributed by atoms with Gasteiger partial charge >= 0.3 is 5.97 Å². The second kappa shape index (κ2) is 5.73. The van der Waals surface area contributed by atoms with Crippen LogP contribution in [-0.2, 0) is 20.9 Å². The van der Waals surface area contributed by atoms with Crippen molar-refractivity contribution in [1.82, 2.24) is 4.90 Å². The highest BCUT2D eigenvalue weighted by Crippen LogP contribution is 2.22. The molecule has 1 aliphatic heterocycles. The molecule has 0 aliphatic carbocycles. The molecule has 1 aliphatic rings. The van der Waals surface area contributed by atoms with Gasteiger partial charge < -0.3 is 15.4 Å². The third kappa shape index (κ3) is 2.79. The first kappa shape index (κ1) is 14.0. The van der Waals surface area contributed by atoms with Gasteiger partial charge in [-0.1, -0.05) is 12.1 Å². The lowest BCUT2D eigenvalue weighted by Crippen LogP contribution is -2.38. The Bertz CT molecular complexity index is 556. The van der Waals surface area contributed by atoms with E-state index in [9.17, 15) is 14.4 Å². The molecule has 1 heterocycles. The summed E-state index contributed by atoms with van der Waals surface area (Å²) in [5.74, 6) is -1.03. The molecule has 0 saturated carbocycles. The van der Waals surface area contributed by atoms with Crippen molar-refractivity contribution in [2.45, 2.75) is 25.4 Å². The minimum absolute atomic E-state index is 0.0927. The highest BCUT2D eigenvalue weighted by molar-refractivity contribution is 5.93. The fourth-order valence-electron chi connectivity index (χ4n) is 2.33. The lowest BCUT2D eigenvalue weighted by molar-refractivity contribution is -0.149. The van der Waals surface area contributed by atoms with Crippen LogP contribution in [0.2, 0.25) is 0 Å². The Morgan fingerprint density at radius 3 is 2.85 bits per heavy atom. The zero-order valence-corrected chi connectivity index (χ0v) is 11.2. The largest absolute Gasteiger partial charge is 0.467 e. The first-order valence-corrected chi connectivity index (χ1v) is 6.29. The molecule has 1 aromatic rings. The van der Waals surface area contributed by atoms with Gasteiger partial charge in [0.05, 0.1) is 7.11 Å². The molecule has 1 fully saturated rings. The Morgan fingerprint density at radius 1 is 1.45 bits per heavy atom. The minimum atomic E-state index is -0.551. The standard InChI is InChI=1S/C14H16N2O4/c1-20-14(19)11-5-6-12(17)16(11)8-9-3-2-4-10(7-9)13(15)18/h2-4,7,11H,5-6,8H2,1H3,(H2,15,18). The minimum Gasteiger partial charge on any atom is -0.467 e. The molecule has 2 rings (SSSR count). The van der Waals surface area contributed by atoms with E-state index >= 15 is 0 Å². The number of hydrogen-bond acceptors (Lipinski definition) is 4. The molecular formula is C14H16N2O4. The van der Waals surface area contributed by atoms with E-state index in [0.717, 1.165) is 5.56 Å². The van der Waals surface area contributed by atoms with E-state index in [0.29, 0.717) is 18.4 Å². The van der Waals surface area contributed by atoms with Crippen molar-refractivity contribution in [2.75, 3.05) is 7.11 Å². The second-order valence-electron chi connectivity index (χ2n) is 4.66. The molecule has 1 unspecified atom stereocenters. The first-order valence-electron chi connectivity index (χ1n) is 6.29. The molecule has 106 valence electrons. The lowest BCUT2D eigenvalue weighted by atomic mass is 10.1. The van der Waals surface area contributed by atoms with Crippen LogP contribution in [0, 0.1) is 0 Å². The molecule has 1 saturated heterocycles. The number of methoxy groups -OCH3 is 1. The molecule has 1 aromatic carbocycles. The molecular weight excluding hydrogens is 260 g/mol. The third-order valence-electron chi connectivity index (χ3n) is 3.37. The van der Waals surface area contributed by atoms with Crippen molar-refractivity contribution in [3.8, 4) is 0 Å². The summed E-state index contributed by atoms with van der Waals surface area (Å²) in [6.45, 7) is 0.264. The van der Waals surface area contributed by atoms with Crippen molar-refractivity contribution in [3.63, 3.8) is 0 Å². The Morgan fingerprint density at radius 2 is 2.20 bits per heavy atom. The van der Waals surface area contributed by atoms with Gasteiger partial charge in [-0.05, 0) is 24.1 Å². The number of amides is 2. The summed E-state index contributed by atoms with van der Waals surface area (Å²) >= 11 is 0. The highest BCUT2D eigenvalue weighted by Gasteiger charge is 2.36. The normalized spacial score (nSPS) is 18.1. The second-order valence-corrected chi connectivity index (χ2v) is 4.66. The van der Waals surface area contributed by atoms with Gasteiger partial charge in [-0.25, -0.2) is 4.79 Å². The van der Waals surface area contributed by atoms with Crippen LogP contribution in [0.3, 0.4) is 0 Å². The fourth-order valence-corrected chi connectivity index (χ4v) is 2.33. The fraction of sp³-hybridized carbons (Fsp3) is 0.357. The number of carbonyl (C=O) groups is 3. The zero-order valence-electron chi connectivity index (χ0n) is 11.2. The van der Waals surface area contributed by atoms with E-state index in [1.54, 1.807) is 24.3 Å². The quantitative estimate of drug-likeness (QED) is 0.808. The molecule has 20 heavy (non-hydrogen) atoms. The lowest BCUT2D eigenvalue weighted by Gasteiger charge is -2.23. The molecule has 0 radical (unpaired) electrons. The predicted molar refractivity (Wildman–Crippen MR) is 70.5 cm³/mol. The molecule has 0 aromatic heterocycles. The number of esters is 1. The average Bonchev–Trinajstić information content (AvgIpc) is 2.80. The number of carbonyl (C=O) groups excluding carboxylic acids is 3. The Labute approximate surface area is 116 Å². The number of ether oxygens (including phenoxy) is 1. The van der Waals surface area contributed by atoms with Gasteiger partial charge in [0, 0.05) is 18.5 Å². The Kier molecular flexibility index (Phi) is 4.02. The number of nitrogens with two attached hydrogens (primary N) is 1. The average molecular weight is 276 g/mol. The molecule has 0 bridgehead atoms. The van der Waals surface area contributed by atoms with E-state index in [4.69, 9.17) is 10.5 Å². The molecule has 2 amide bonds. The SMILES string of the molecule is COC(=O)C1CCC(=O)N1Cc1cccc(C(N)=O)c1. The predicted octanol–water partition coefficient (Wildman–Crippen LogP) is 0.449. The number of nitrogens with zero attached hydrogens (tertiary/aromatic N) is 1. The van der Waals surface area contributed by atoms with Crippen LogP contribution < -0.4 is 5.73 Å². The highest BCUT2D eigenvalue weighted by atomic mass is 16.5. The maximum Gasteiger partial charge on any atom is 0.328 e. The van der Waals surface area contributed by atoms with E-state index in [2.05, 4.69) is 0 Å². The van der Waals surface area contributed by atoms with Crippen LogP contribution in [0.5, 0.6) is 0 Å². The van der Waals surface area contributed by atoms with Gasteiger partial charge in [0.15, 0.2) is 0 Å². The summed E-state index contributed by atoms with van der Waals surface area (Å²) in [5.41, 5.74) is 6.36. The third-order valence-corrected chi connectivity index (χ3v) is 3.37. The number of benzene rings is 1. The van der Waals surface area contributed by atoms with Crippen molar-refractivity contribution < 1.29 is 19.1 Å². The molecule has 0 spiro atoms. The van der Waals surface area contributed by atoms with Crippen LogP contribution in [0.4, 0.5) is 0 Å². The van der Waals surface area contributed by atoms with Crippen LogP contribution >= 0.6 is 0 Å². The van der Waals surface area contributed by atoms with Gasteiger partial charge in [0.1, 0.15) is 6.04 Å². The van der Waals surface area contributed by atoms with Gasteiger partial charge in [0.2, 0.25) is 11.8 Å². The van der Waals surface area contributed by atoms with Crippen LogP contribution in [0.1, 0.15) is 28.8 Å². The summed E-state index contributed by atoms with van der Waals surface area (Å²) in [6.07, 6.45) is 0.788. The summed E-state index contributed by atoms with van der Waals surface area (Å²) in [4.78, 5) is 36.1. The number of rotatable bonds is 4. The number of likely N-dealkylation sites (tertiary alicyclic amines) is 1. The van der Waals surface area contributed by atoms with E-state index in [1.807, 2.05) is 0 Å². The monoisotopic (exact) mass is 276 g/mol. The van der Waals surface area contributed by atoms with Crippen molar-refractivity contribution in [3.05, 3.63) is 35.4 Å². The Hall–Kier alpha value is -2.37. The van der Waals surface area contributed by atoms with E-state index in [-0.39, 0.29) is 12.5 Å². The zero-order chi connectivity index (χ0) is 14.7. The molecule has 1 atom stereocenters. The number of hydrogen-bond donors (Lipinski definition) is 1.